The Kier molecular flexibility index (Phi) is 0.989. The van der Waals surface area contributed by atoms with Crippen molar-refractivity contribution in [3.05, 3.63) is 5.21 Å². The average molecular weight is 122 g/mol. The molecule has 0 saturated heterocycles. The maximum absolute atomic E-state index is 10.3. The van der Waals surface area contributed by atoms with Gasteiger partial charge in [-0.15, -0.1) is 9.39 Å². The van der Waals surface area contributed by atoms with E-state index in [1.807, 2.05) is 0 Å². The molecule has 1 atom stereocenters. The van der Waals surface area contributed by atoms with Crippen molar-refractivity contribution in [2.75, 3.05) is 13.1 Å². The second kappa shape index (κ2) is 1.40. The fraction of sp³-hybridized carbons (Fsp3) is 1.00. The standard InChI is InChI=1S/C2H4ClN3O/c3-6(7)2-1-4-5-6/h1-2H2. The number of hydrogen-bond acceptors (Lipinski definition) is 3. The Hall–Kier alpha value is -0.190. The molecule has 1 rings (SSSR count). The lowest BCUT2D eigenvalue weighted by atomic mass is 10.7. The Morgan fingerprint density at radius 3 is 2.57 bits per heavy atom. The smallest absolute Gasteiger partial charge is 0.200 e. The summed E-state index contributed by atoms with van der Waals surface area (Å²) < 4.78 is -1.07. The molecule has 1 unspecified atom stereocenters. The molecule has 4 nitrogen and oxygen atoms in total. The van der Waals surface area contributed by atoms with Crippen LogP contribution in [-0.4, -0.2) is 17.4 Å². The zero-order chi connectivity index (χ0) is 5.33. The van der Waals surface area contributed by atoms with Crippen molar-refractivity contribution in [1.82, 2.24) is 0 Å². The maximum Gasteiger partial charge on any atom is 0.200 e. The first kappa shape index (κ1) is 4.96. The summed E-state index contributed by atoms with van der Waals surface area (Å²) >= 11 is 5.09. The highest BCUT2D eigenvalue weighted by molar-refractivity contribution is 6.06. The molecule has 0 spiro atoms. The predicted octanol–water partition coefficient (Wildman–Crippen LogP) is 0.836. The van der Waals surface area contributed by atoms with E-state index in [0.29, 0.717) is 6.54 Å². The van der Waals surface area contributed by atoms with Gasteiger partial charge in [0.2, 0.25) is 0 Å². The summed E-state index contributed by atoms with van der Waals surface area (Å²) in [5.74, 6) is 0. The van der Waals surface area contributed by atoms with Crippen LogP contribution in [0.1, 0.15) is 0 Å². The van der Waals surface area contributed by atoms with Crippen molar-refractivity contribution < 1.29 is 4.27 Å². The molecule has 0 radical (unpaired) electrons. The summed E-state index contributed by atoms with van der Waals surface area (Å²) in [6.07, 6.45) is 0. The molecule has 0 N–H and O–H groups in total. The van der Waals surface area contributed by atoms with Crippen LogP contribution in [0.2, 0.25) is 0 Å². The lowest BCUT2D eigenvalue weighted by Crippen LogP contribution is -2.21. The van der Waals surface area contributed by atoms with Gasteiger partial charge in [-0.3, -0.25) is 0 Å². The van der Waals surface area contributed by atoms with Gasteiger partial charge in [0.1, 0.15) is 13.1 Å². The molecule has 0 fully saturated rings. The molecule has 0 aromatic carbocycles. The van der Waals surface area contributed by atoms with Gasteiger partial charge < -0.3 is 5.21 Å². The van der Waals surface area contributed by atoms with Gasteiger partial charge in [0.15, 0.2) is 11.8 Å². The molecule has 0 bridgehead atoms. The lowest BCUT2D eigenvalue weighted by molar-refractivity contribution is -0.762. The fourth-order valence-corrected chi connectivity index (χ4v) is 0.475. The molecule has 40 valence electrons. The minimum atomic E-state index is -1.07. The van der Waals surface area contributed by atoms with Gasteiger partial charge in [-0.05, 0) is 0 Å². The van der Waals surface area contributed by atoms with Crippen molar-refractivity contribution >= 4 is 11.8 Å². The van der Waals surface area contributed by atoms with Gasteiger partial charge >= 0.3 is 0 Å². The van der Waals surface area contributed by atoms with Gasteiger partial charge in [0.25, 0.3) is 0 Å². The van der Waals surface area contributed by atoms with Crippen molar-refractivity contribution in [1.29, 1.82) is 0 Å². The van der Waals surface area contributed by atoms with Crippen molar-refractivity contribution in [2.45, 2.75) is 0 Å². The first-order chi connectivity index (χ1) is 3.21. The Morgan fingerprint density at radius 1 is 1.71 bits per heavy atom. The fourth-order valence-electron chi connectivity index (χ4n) is 0.352. The molecule has 0 amide bonds. The van der Waals surface area contributed by atoms with Crippen LogP contribution in [0, 0.1) is 5.21 Å². The van der Waals surface area contributed by atoms with Gasteiger partial charge in [0.05, 0.1) is 0 Å². The van der Waals surface area contributed by atoms with Gasteiger partial charge in [-0.2, -0.15) is 0 Å². The molecule has 0 saturated carbocycles. The Morgan fingerprint density at radius 2 is 2.43 bits per heavy atom. The molecular weight excluding hydrogens is 117 g/mol. The van der Waals surface area contributed by atoms with E-state index in [1.54, 1.807) is 0 Å². The van der Waals surface area contributed by atoms with Gasteiger partial charge in [0, 0.05) is 5.22 Å². The third-order valence-corrected chi connectivity index (χ3v) is 0.909. The molecule has 0 aromatic rings. The third-order valence-electron chi connectivity index (χ3n) is 0.673. The third kappa shape index (κ3) is 1.09. The summed E-state index contributed by atoms with van der Waals surface area (Å²) in [4.78, 5) is 0. The van der Waals surface area contributed by atoms with E-state index in [1.165, 1.54) is 0 Å². The van der Waals surface area contributed by atoms with Crippen molar-refractivity contribution in [3.8, 4) is 0 Å². The number of nitrogens with zero attached hydrogens (tertiary/aromatic N) is 3. The minimum absolute atomic E-state index is 0.265. The summed E-state index contributed by atoms with van der Waals surface area (Å²) in [7, 11) is 0. The maximum atomic E-state index is 10.3. The SMILES string of the molecule is [O-][N+]1(Cl)CCN=N1. The molecule has 1 aliphatic heterocycles. The van der Waals surface area contributed by atoms with Crippen molar-refractivity contribution in [2.24, 2.45) is 10.3 Å². The first-order valence-electron chi connectivity index (χ1n) is 1.88. The van der Waals surface area contributed by atoms with Crippen LogP contribution < -0.4 is 0 Å². The highest BCUT2D eigenvalue weighted by Gasteiger charge is 2.18. The minimum Gasteiger partial charge on any atom is -0.585 e. The van der Waals surface area contributed by atoms with E-state index in [2.05, 4.69) is 10.3 Å². The monoisotopic (exact) mass is 121 g/mol. The molecule has 7 heavy (non-hydrogen) atoms. The number of hydroxylamine groups is 1. The molecular formula is C2H4ClN3O. The van der Waals surface area contributed by atoms with Gasteiger partial charge in [-0.25, -0.2) is 0 Å². The van der Waals surface area contributed by atoms with Crippen LogP contribution in [0.4, 0.5) is 0 Å². The largest absolute Gasteiger partial charge is 0.585 e. The van der Waals surface area contributed by atoms with Crippen LogP contribution in [0.25, 0.3) is 0 Å². The molecule has 0 aliphatic carbocycles. The van der Waals surface area contributed by atoms with Crippen LogP contribution in [0.5, 0.6) is 0 Å². The van der Waals surface area contributed by atoms with E-state index >= 15 is 0 Å². The quantitative estimate of drug-likeness (QED) is 0.346. The normalized spacial score (nSPS) is 39.7. The van der Waals surface area contributed by atoms with Crippen molar-refractivity contribution in [3.63, 3.8) is 0 Å². The highest BCUT2D eigenvalue weighted by Crippen LogP contribution is 2.15. The zero-order valence-corrected chi connectivity index (χ0v) is 4.30. The molecule has 1 heterocycles. The van der Waals surface area contributed by atoms with Crippen LogP contribution >= 0.6 is 11.8 Å². The van der Waals surface area contributed by atoms with E-state index in [-0.39, 0.29) is 6.54 Å². The average Bonchev–Trinajstić information content (AvgIpc) is 1.84. The number of halogens is 1. The Balaban J connectivity index is 2.57. The molecule has 0 aromatic heterocycles. The van der Waals surface area contributed by atoms with E-state index in [9.17, 15) is 5.21 Å². The van der Waals surface area contributed by atoms with Crippen LogP contribution in [0.15, 0.2) is 10.3 Å². The highest BCUT2D eigenvalue weighted by atomic mass is 35.5. The van der Waals surface area contributed by atoms with E-state index in [0.717, 1.165) is 0 Å². The topological polar surface area (TPSA) is 47.8 Å². The van der Waals surface area contributed by atoms with E-state index in [4.69, 9.17) is 11.8 Å². The van der Waals surface area contributed by atoms with E-state index < -0.39 is 4.27 Å². The lowest BCUT2D eigenvalue weighted by Gasteiger charge is -2.16. The van der Waals surface area contributed by atoms with Crippen LogP contribution in [-0.2, 0) is 0 Å². The number of hydrogen-bond donors (Lipinski definition) is 0. The summed E-state index contributed by atoms with van der Waals surface area (Å²) in [6.45, 7) is 0.717. The second-order valence-corrected chi connectivity index (χ2v) is 1.82. The zero-order valence-electron chi connectivity index (χ0n) is 3.54. The predicted molar refractivity (Wildman–Crippen MR) is 24.1 cm³/mol. The second-order valence-electron chi connectivity index (χ2n) is 1.29. The number of quaternary nitrogens is 1. The van der Waals surface area contributed by atoms with Crippen LogP contribution in [0.3, 0.4) is 0 Å². The summed E-state index contributed by atoms with van der Waals surface area (Å²) in [5, 5.41) is 16.9. The Labute approximate surface area is 45.6 Å². The molecule has 5 heteroatoms. The summed E-state index contributed by atoms with van der Waals surface area (Å²) in [5.41, 5.74) is 0. The Bertz CT molecular complexity index is 101. The number of rotatable bonds is 0. The molecule has 1 aliphatic rings. The summed E-state index contributed by atoms with van der Waals surface area (Å²) in [6, 6.07) is 0. The first-order valence-corrected chi connectivity index (χ1v) is 2.22. The van der Waals surface area contributed by atoms with Gasteiger partial charge in [-0.1, -0.05) is 0 Å².